The van der Waals surface area contributed by atoms with Crippen LogP contribution in [0.25, 0.3) is 0 Å². The van der Waals surface area contributed by atoms with Crippen LogP contribution in [0.3, 0.4) is 0 Å². The molecule has 0 saturated heterocycles. The quantitative estimate of drug-likeness (QED) is 0.456. The second-order valence-corrected chi connectivity index (χ2v) is 6.46. The fraction of sp³-hybridized carbons (Fsp3) is 0.650. The summed E-state index contributed by atoms with van der Waals surface area (Å²) in [7, 11) is 0. The van der Waals surface area contributed by atoms with Crippen LogP contribution in [0.1, 0.15) is 72.1 Å². The van der Waals surface area contributed by atoms with Crippen LogP contribution in [-0.4, -0.2) is 18.5 Å². The number of carbonyl (C=O) groups excluding carboxylic acids is 1. The third kappa shape index (κ3) is 8.06. The van der Waals surface area contributed by atoms with E-state index < -0.39 is 0 Å². The summed E-state index contributed by atoms with van der Waals surface area (Å²) in [6.07, 6.45) is 12.3. The van der Waals surface area contributed by atoms with Crippen LogP contribution >= 0.6 is 0 Å². The molecule has 0 unspecified atom stereocenters. The van der Waals surface area contributed by atoms with Crippen molar-refractivity contribution in [3.8, 4) is 0 Å². The van der Waals surface area contributed by atoms with Gasteiger partial charge in [0.05, 0.1) is 0 Å². The monoisotopic (exact) mass is 318 g/mol. The molecule has 0 radical (unpaired) electrons. The maximum Gasteiger partial charge on any atom is 0.220 e. The minimum atomic E-state index is 0.189. The van der Waals surface area contributed by atoms with Crippen LogP contribution in [0.15, 0.2) is 35.6 Å². The van der Waals surface area contributed by atoms with Gasteiger partial charge < -0.3 is 10.6 Å². The molecular weight excluding hydrogens is 284 g/mol. The van der Waals surface area contributed by atoms with E-state index in [9.17, 15) is 4.79 Å². The lowest BCUT2D eigenvalue weighted by molar-refractivity contribution is -0.121. The van der Waals surface area contributed by atoms with E-state index >= 15 is 0 Å². The number of rotatable bonds is 10. The molecule has 0 spiro atoms. The van der Waals surface area contributed by atoms with Crippen molar-refractivity contribution in [2.24, 2.45) is 0 Å². The smallest absolute Gasteiger partial charge is 0.220 e. The van der Waals surface area contributed by atoms with Crippen LogP contribution in [-0.2, 0) is 4.79 Å². The molecule has 1 aliphatic rings. The van der Waals surface area contributed by atoms with Crippen LogP contribution in [0.4, 0.5) is 0 Å². The third-order valence-corrected chi connectivity index (χ3v) is 4.52. The highest BCUT2D eigenvalue weighted by atomic mass is 16.1. The van der Waals surface area contributed by atoms with Gasteiger partial charge in [0.25, 0.3) is 0 Å². The molecule has 0 saturated carbocycles. The minimum absolute atomic E-state index is 0.189. The largest absolute Gasteiger partial charge is 0.388 e. The number of allylic oxidation sites excluding steroid dienone is 5. The van der Waals surface area contributed by atoms with Gasteiger partial charge in [-0.25, -0.2) is 0 Å². The Morgan fingerprint density at radius 1 is 1.30 bits per heavy atom. The van der Waals surface area contributed by atoms with Gasteiger partial charge in [0.2, 0.25) is 5.91 Å². The summed E-state index contributed by atoms with van der Waals surface area (Å²) in [5.74, 6) is 0.189. The highest BCUT2D eigenvalue weighted by Crippen LogP contribution is 2.17. The maximum absolute atomic E-state index is 11.8. The Morgan fingerprint density at radius 3 is 2.65 bits per heavy atom. The zero-order valence-corrected chi connectivity index (χ0v) is 15.2. The topological polar surface area (TPSA) is 41.1 Å². The Morgan fingerprint density at radius 2 is 2.00 bits per heavy atom. The first-order chi connectivity index (χ1) is 11.1. The summed E-state index contributed by atoms with van der Waals surface area (Å²) in [6.45, 7) is 11.6. The number of amides is 1. The first kappa shape index (κ1) is 19.5. The fourth-order valence-electron chi connectivity index (χ4n) is 2.80. The lowest BCUT2D eigenvalue weighted by Crippen LogP contribution is -2.33. The zero-order valence-electron chi connectivity index (χ0n) is 15.2. The summed E-state index contributed by atoms with van der Waals surface area (Å²) in [6, 6.07) is 0.334. The van der Waals surface area contributed by atoms with Gasteiger partial charge >= 0.3 is 0 Å². The molecule has 0 aliphatic carbocycles. The van der Waals surface area contributed by atoms with E-state index in [2.05, 4.69) is 50.1 Å². The van der Waals surface area contributed by atoms with Gasteiger partial charge in [0, 0.05) is 24.7 Å². The molecule has 3 heteroatoms. The Bertz CT molecular complexity index is 445. The number of hydrogen-bond acceptors (Lipinski definition) is 2. The summed E-state index contributed by atoms with van der Waals surface area (Å²) in [4.78, 5) is 11.8. The lowest BCUT2D eigenvalue weighted by atomic mass is 10.0. The van der Waals surface area contributed by atoms with Crippen LogP contribution in [0.2, 0.25) is 0 Å². The van der Waals surface area contributed by atoms with Gasteiger partial charge in [-0.1, -0.05) is 38.2 Å². The SMILES string of the molecule is C=C(/C=C\C1=C(C)NCCC1)CCCCC(=O)NC(CC)CC. The van der Waals surface area contributed by atoms with Crippen LogP contribution < -0.4 is 10.6 Å². The van der Waals surface area contributed by atoms with E-state index in [0.717, 1.165) is 50.6 Å². The molecule has 130 valence electrons. The van der Waals surface area contributed by atoms with E-state index in [0.29, 0.717) is 12.5 Å². The van der Waals surface area contributed by atoms with E-state index in [4.69, 9.17) is 0 Å². The minimum Gasteiger partial charge on any atom is -0.388 e. The number of nitrogens with one attached hydrogen (secondary N) is 2. The number of unbranched alkanes of at least 4 members (excludes halogenated alkanes) is 1. The second kappa shape index (κ2) is 11.1. The van der Waals surface area contributed by atoms with Crippen LogP contribution in [0.5, 0.6) is 0 Å². The third-order valence-electron chi connectivity index (χ3n) is 4.52. The van der Waals surface area contributed by atoms with Crippen molar-refractivity contribution in [2.45, 2.75) is 78.2 Å². The van der Waals surface area contributed by atoms with Gasteiger partial charge in [-0.05, 0) is 57.4 Å². The summed E-state index contributed by atoms with van der Waals surface area (Å²) in [5.41, 5.74) is 3.83. The molecule has 0 aromatic carbocycles. The molecule has 23 heavy (non-hydrogen) atoms. The normalized spacial score (nSPS) is 15.1. The van der Waals surface area contributed by atoms with E-state index in [1.165, 1.54) is 17.7 Å². The Labute approximate surface area is 142 Å². The van der Waals surface area contributed by atoms with Gasteiger partial charge in [-0.3, -0.25) is 4.79 Å². The molecule has 0 aromatic rings. The van der Waals surface area contributed by atoms with Gasteiger partial charge in [-0.2, -0.15) is 0 Å². The van der Waals surface area contributed by atoms with Gasteiger partial charge in [0.1, 0.15) is 0 Å². The summed E-state index contributed by atoms with van der Waals surface area (Å²) >= 11 is 0. The van der Waals surface area contributed by atoms with E-state index in [-0.39, 0.29) is 5.91 Å². The second-order valence-electron chi connectivity index (χ2n) is 6.46. The molecule has 0 aromatic heterocycles. The van der Waals surface area contributed by atoms with Gasteiger partial charge in [0.15, 0.2) is 0 Å². The van der Waals surface area contributed by atoms with Crippen molar-refractivity contribution >= 4 is 5.91 Å². The first-order valence-corrected chi connectivity index (χ1v) is 9.15. The van der Waals surface area contributed by atoms with Crippen molar-refractivity contribution in [3.05, 3.63) is 35.6 Å². The molecule has 1 rings (SSSR count). The zero-order chi connectivity index (χ0) is 17.1. The molecule has 1 amide bonds. The van der Waals surface area contributed by atoms with Crippen molar-refractivity contribution < 1.29 is 4.79 Å². The molecule has 0 atom stereocenters. The van der Waals surface area contributed by atoms with Gasteiger partial charge in [-0.15, -0.1) is 0 Å². The molecule has 0 fully saturated rings. The maximum atomic E-state index is 11.8. The van der Waals surface area contributed by atoms with Crippen molar-refractivity contribution in [1.82, 2.24) is 10.6 Å². The van der Waals surface area contributed by atoms with Crippen molar-refractivity contribution in [1.29, 1.82) is 0 Å². The molecule has 3 nitrogen and oxygen atoms in total. The first-order valence-electron chi connectivity index (χ1n) is 9.15. The lowest BCUT2D eigenvalue weighted by Gasteiger charge is -2.17. The summed E-state index contributed by atoms with van der Waals surface area (Å²) in [5, 5.41) is 6.49. The molecule has 0 bridgehead atoms. The average Bonchev–Trinajstić information content (AvgIpc) is 2.55. The number of hydrogen-bond donors (Lipinski definition) is 2. The molecule has 1 heterocycles. The number of carbonyl (C=O) groups is 1. The molecular formula is C20H34N2O. The molecule has 1 aliphatic heterocycles. The van der Waals surface area contributed by atoms with Crippen molar-refractivity contribution in [3.63, 3.8) is 0 Å². The Hall–Kier alpha value is -1.51. The van der Waals surface area contributed by atoms with Crippen LogP contribution in [0, 0.1) is 0 Å². The van der Waals surface area contributed by atoms with E-state index in [1.807, 2.05) is 0 Å². The highest BCUT2D eigenvalue weighted by molar-refractivity contribution is 5.76. The summed E-state index contributed by atoms with van der Waals surface area (Å²) < 4.78 is 0. The predicted molar refractivity (Wildman–Crippen MR) is 99.2 cm³/mol. The molecule has 2 N–H and O–H groups in total. The van der Waals surface area contributed by atoms with E-state index in [1.54, 1.807) is 0 Å². The van der Waals surface area contributed by atoms with Crippen molar-refractivity contribution in [2.75, 3.05) is 6.54 Å². The average molecular weight is 319 g/mol. The highest BCUT2D eigenvalue weighted by Gasteiger charge is 2.08. The Kier molecular flexibility index (Phi) is 9.42. The predicted octanol–water partition coefficient (Wildman–Crippen LogP) is 4.62. The fourth-order valence-corrected chi connectivity index (χ4v) is 2.80. The Balaban J connectivity index is 2.20. The standard InChI is InChI=1S/C20H34N2O/c1-5-19(6-2)22-20(23)12-8-7-10-16(3)13-14-18-11-9-15-21-17(18)4/h13-14,19,21H,3,5-12,15H2,1-2,4H3,(H,22,23)/b14-13-.